The molecule has 0 amide bonds. The summed E-state index contributed by atoms with van der Waals surface area (Å²) < 4.78 is 11.2. The number of hydrogen-bond acceptors (Lipinski definition) is 4. The van der Waals surface area contributed by atoms with Crippen LogP contribution in [0.1, 0.15) is 24.3 Å². The Balaban J connectivity index is 1.74. The number of para-hydroxylation sites is 1. The minimum Gasteiger partial charge on any atom is -0.493 e. The largest absolute Gasteiger partial charge is 0.493 e. The van der Waals surface area contributed by atoms with E-state index in [2.05, 4.69) is 23.3 Å². The Morgan fingerprint density at radius 3 is 2.95 bits per heavy atom. The average molecular weight is 282 g/mol. The lowest BCUT2D eigenvalue weighted by atomic mass is 10.1. The van der Waals surface area contributed by atoms with Crippen LogP contribution in [0.2, 0.25) is 0 Å². The Bertz CT molecular complexity index is 722. The predicted octanol–water partition coefficient (Wildman–Crippen LogP) is 3.69. The van der Waals surface area contributed by atoms with Crippen molar-refractivity contribution in [3.05, 3.63) is 60.1 Å². The molecule has 2 aromatic heterocycles. The van der Waals surface area contributed by atoms with Gasteiger partial charge in [0.05, 0.1) is 13.7 Å². The van der Waals surface area contributed by atoms with Crippen LogP contribution in [0.5, 0.6) is 5.75 Å². The maximum atomic E-state index is 5.87. The molecule has 0 aliphatic heterocycles. The van der Waals surface area contributed by atoms with Gasteiger partial charge in [-0.1, -0.05) is 18.2 Å². The first-order valence-electron chi connectivity index (χ1n) is 6.96. The predicted molar refractivity (Wildman–Crippen MR) is 82.3 cm³/mol. The topological polar surface area (TPSA) is 47.3 Å². The third kappa shape index (κ3) is 2.90. The lowest BCUT2D eigenvalue weighted by Gasteiger charge is -2.12. The van der Waals surface area contributed by atoms with E-state index in [1.54, 1.807) is 13.3 Å². The van der Waals surface area contributed by atoms with Crippen molar-refractivity contribution in [1.82, 2.24) is 10.3 Å². The summed E-state index contributed by atoms with van der Waals surface area (Å²) in [6, 6.07) is 12.2. The Morgan fingerprint density at radius 1 is 1.29 bits per heavy atom. The second-order valence-corrected chi connectivity index (χ2v) is 4.98. The van der Waals surface area contributed by atoms with Gasteiger partial charge in [0.25, 0.3) is 0 Å². The standard InChI is InChI=1S/C17H18N2O2/c1-12(14-6-4-8-18-10-14)19-11-15-9-13-5-3-7-16(20-2)17(13)21-15/h3-10,12,19H,11H2,1-2H3/t12-/m0/s1. The van der Waals surface area contributed by atoms with Crippen LogP contribution in [0.3, 0.4) is 0 Å². The first-order chi connectivity index (χ1) is 10.3. The fourth-order valence-corrected chi connectivity index (χ4v) is 2.34. The van der Waals surface area contributed by atoms with Gasteiger partial charge in [0.2, 0.25) is 0 Å². The van der Waals surface area contributed by atoms with Crippen LogP contribution in [0.15, 0.2) is 53.2 Å². The van der Waals surface area contributed by atoms with E-state index in [1.165, 1.54) is 0 Å². The zero-order chi connectivity index (χ0) is 14.7. The second-order valence-electron chi connectivity index (χ2n) is 4.98. The van der Waals surface area contributed by atoms with Crippen LogP contribution in [0, 0.1) is 0 Å². The zero-order valence-electron chi connectivity index (χ0n) is 12.2. The van der Waals surface area contributed by atoms with Gasteiger partial charge in [-0.2, -0.15) is 0 Å². The molecule has 0 spiro atoms. The van der Waals surface area contributed by atoms with Gasteiger partial charge in [-0.05, 0) is 30.7 Å². The van der Waals surface area contributed by atoms with Gasteiger partial charge in [-0.25, -0.2) is 0 Å². The monoisotopic (exact) mass is 282 g/mol. The fourth-order valence-electron chi connectivity index (χ4n) is 2.34. The highest BCUT2D eigenvalue weighted by atomic mass is 16.5. The molecule has 0 aliphatic carbocycles. The van der Waals surface area contributed by atoms with Gasteiger partial charge in [0.1, 0.15) is 5.76 Å². The maximum Gasteiger partial charge on any atom is 0.176 e. The normalized spacial score (nSPS) is 12.5. The number of pyridine rings is 1. The third-order valence-corrected chi connectivity index (χ3v) is 3.55. The number of furan rings is 1. The number of nitrogens with one attached hydrogen (secondary N) is 1. The van der Waals surface area contributed by atoms with E-state index in [0.717, 1.165) is 28.0 Å². The van der Waals surface area contributed by atoms with Gasteiger partial charge in [-0.15, -0.1) is 0 Å². The molecule has 3 aromatic rings. The molecule has 0 unspecified atom stereocenters. The maximum absolute atomic E-state index is 5.87. The molecule has 0 radical (unpaired) electrons. The van der Waals surface area contributed by atoms with E-state index in [-0.39, 0.29) is 6.04 Å². The Hall–Kier alpha value is -2.33. The van der Waals surface area contributed by atoms with Crippen LogP contribution in [-0.2, 0) is 6.54 Å². The number of methoxy groups -OCH3 is 1. The Morgan fingerprint density at radius 2 is 2.19 bits per heavy atom. The van der Waals surface area contributed by atoms with Gasteiger partial charge in [0.15, 0.2) is 11.3 Å². The number of aromatic nitrogens is 1. The zero-order valence-corrected chi connectivity index (χ0v) is 12.2. The second kappa shape index (κ2) is 5.97. The highest BCUT2D eigenvalue weighted by Gasteiger charge is 2.10. The van der Waals surface area contributed by atoms with E-state index >= 15 is 0 Å². The van der Waals surface area contributed by atoms with Crippen molar-refractivity contribution >= 4 is 11.0 Å². The summed E-state index contributed by atoms with van der Waals surface area (Å²) in [5.74, 6) is 1.66. The van der Waals surface area contributed by atoms with E-state index in [9.17, 15) is 0 Å². The molecule has 4 heteroatoms. The van der Waals surface area contributed by atoms with Crippen LogP contribution >= 0.6 is 0 Å². The molecule has 0 saturated heterocycles. The number of benzene rings is 1. The lowest BCUT2D eigenvalue weighted by Crippen LogP contribution is -2.17. The van der Waals surface area contributed by atoms with Gasteiger partial charge < -0.3 is 14.5 Å². The summed E-state index contributed by atoms with van der Waals surface area (Å²) in [5.41, 5.74) is 1.96. The summed E-state index contributed by atoms with van der Waals surface area (Å²) in [6.45, 7) is 2.77. The Labute approximate surface area is 123 Å². The molecule has 1 atom stereocenters. The fraction of sp³-hybridized carbons (Fsp3) is 0.235. The molecule has 0 aliphatic rings. The molecule has 1 aromatic carbocycles. The number of nitrogens with zero attached hydrogens (tertiary/aromatic N) is 1. The van der Waals surface area contributed by atoms with Gasteiger partial charge in [-0.3, -0.25) is 4.98 Å². The SMILES string of the molecule is COc1cccc2cc(CN[C@@H](C)c3cccnc3)oc12. The number of ether oxygens (including phenoxy) is 1. The van der Waals surface area contributed by atoms with Crippen LogP contribution < -0.4 is 10.1 Å². The molecule has 108 valence electrons. The molecule has 3 rings (SSSR count). The minimum absolute atomic E-state index is 0.216. The van der Waals surface area contributed by atoms with Crippen molar-refractivity contribution in [3.8, 4) is 5.75 Å². The van der Waals surface area contributed by atoms with Crippen LogP contribution in [0.4, 0.5) is 0 Å². The molecule has 1 N–H and O–H groups in total. The molecular weight excluding hydrogens is 264 g/mol. The van der Waals surface area contributed by atoms with Gasteiger partial charge >= 0.3 is 0 Å². The molecule has 0 bridgehead atoms. The Kier molecular flexibility index (Phi) is 3.88. The van der Waals surface area contributed by atoms with E-state index in [0.29, 0.717) is 6.54 Å². The summed E-state index contributed by atoms with van der Waals surface area (Å²) in [4.78, 5) is 4.14. The number of hydrogen-bond donors (Lipinski definition) is 1. The first kappa shape index (κ1) is 13.6. The van der Waals surface area contributed by atoms with E-state index in [4.69, 9.17) is 9.15 Å². The molecule has 0 fully saturated rings. The highest BCUT2D eigenvalue weighted by molar-refractivity contribution is 5.83. The summed E-state index contributed by atoms with van der Waals surface area (Å²) >= 11 is 0. The molecule has 4 nitrogen and oxygen atoms in total. The van der Waals surface area contributed by atoms with Crippen molar-refractivity contribution in [2.45, 2.75) is 19.5 Å². The van der Waals surface area contributed by atoms with Gasteiger partial charge in [0, 0.05) is 23.8 Å². The first-order valence-corrected chi connectivity index (χ1v) is 6.96. The van der Waals surface area contributed by atoms with Crippen molar-refractivity contribution < 1.29 is 9.15 Å². The van der Waals surface area contributed by atoms with E-state index < -0.39 is 0 Å². The smallest absolute Gasteiger partial charge is 0.176 e. The third-order valence-electron chi connectivity index (χ3n) is 3.55. The molecule has 2 heterocycles. The summed E-state index contributed by atoms with van der Waals surface area (Å²) in [6.07, 6.45) is 3.65. The molecule has 0 saturated carbocycles. The number of rotatable bonds is 5. The lowest BCUT2D eigenvalue weighted by molar-refractivity contribution is 0.405. The van der Waals surface area contributed by atoms with Crippen molar-refractivity contribution in [3.63, 3.8) is 0 Å². The minimum atomic E-state index is 0.216. The van der Waals surface area contributed by atoms with Crippen molar-refractivity contribution in [2.24, 2.45) is 0 Å². The molecular formula is C17H18N2O2. The van der Waals surface area contributed by atoms with Crippen LogP contribution in [-0.4, -0.2) is 12.1 Å². The van der Waals surface area contributed by atoms with Crippen molar-refractivity contribution in [1.29, 1.82) is 0 Å². The summed E-state index contributed by atoms with van der Waals surface area (Å²) in [7, 11) is 1.65. The highest BCUT2D eigenvalue weighted by Crippen LogP contribution is 2.28. The quantitative estimate of drug-likeness (QED) is 0.775. The van der Waals surface area contributed by atoms with Crippen molar-refractivity contribution in [2.75, 3.05) is 7.11 Å². The van der Waals surface area contributed by atoms with Crippen LogP contribution in [0.25, 0.3) is 11.0 Å². The summed E-state index contributed by atoms with van der Waals surface area (Å²) in [5, 5.41) is 4.49. The average Bonchev–Trinajstić information content (AvgIpc) is 2.96. The number of fused-ring (bicyclic) bond motifs is 1. The molecule has 21 heavy (non-hydrogen) atoms. The van der Waals surface area contributed by atoms with E-state index in [1.807, 2.05) is 36.5 Å².